The number of H-pyrrole nitrogens is 1. The first-order valence-corrected chi connectivity index (χ1v) is 24.7. The van der Waals surface area contributed by atoms with Crippen LogP contribution >= 0.6 is 0 Å². The minimum atomic E-state index is -2.34. The third kappa shape index (κ3) is 6.23. The molecule has 16 nitrogen and oxygen atoms in total. The van der Waals surface area contributed by atoms with Gasteiger partial charge in [0.2, 0.25) is 12.4 Å². The Morgan fingerprint density at radius 1 is 0.914 bits per heavy atom. The van der Waals surface area contributed by atoms with Crippen LogP contribution in [0.25, 0.3) is 10.9 Å². The largest absolute Gasteiger partial charge is 0.496 e. The molecule has 4 aromatic rings. The Bertz CT molecular complexity index is 2860. The van der Waals surface area contributed by atoms with Crippen molar-refractivity contribution < 1.29 is 52.7 Å². The number of carbonyl (C=O) groups is 4. The first kappa shape index (κ1) is 46.3. The molecule has 1 saturated carbocycles. The molecule has 11 rings (SSSR count). The lowest BCUT2D eigenvalue weighted by atomic mass is 9.47. The molecule has 2 saturated heterocycles. The van der Waals surface area contributed by atoms with Crippen LogP contribution in [-0.2, 0) is 45.8 Å². The first-order valence-electron chi connectivity index (χ1n) is 24.7. The van der Waals surface area contributed by atoms with Gasteiger partial charge in [0, 0.05) is 96.5 Å². The number of nitrogens with one attached hydrogen (secondary N) is 2. The summed E-state index contributed by atoms with van der Waals surface area (Å²) in [5, 5.41) is 18.0. The second-order valence-corrected chi connectivity index (χ2v) is 20.8. The average molecular weight is 958 g/mol. The molecule has 1 unspecified atom stereocenters. The molecular formula is C54H63N5O11. The van der Waals surface area contributed by atoms with Gasteiger partial charge in [0.05, 0.1) is 32.9 Å². The van der Waals surface area contributed by atoms with E-state index < -0.39 is 57.4 Å². The summed E-state index contributed by atoms with van der Waals surface area (Å²) in [6.07, 6.45) is 5.87. The summed E-state index contributed by atoms with van der Waals surface area (Å²) in [7, 11) is 6.14. The van der Waals surface area contributed by atoms with E-state index in [0.29, 0.717) is 93.2 Å². The lowest BCUT2D eigenvalue weighted by Crippen LogP contribution is -2.81. The molecule has 0 radical (unpaired) electrons. The second-order valence-electron chi connectivity index (χ2n) is 20.8. The van der Waals surface area contributed by atoms with E-state index in [1.165, 1.54) is 21.1 Å². The van der Waals surface area contributed by atoms with Crippen molar-refractivity contribution in [1.29, 1.82) is 0 Å². The van der Waals surface area contributed by atoms with E-state index in [-0.39, 0.29) is 31.1 Å². The van der Waals surface area contributed by atoms with Gasteiger partial charge in [-0.2, -0.15) is 0 Å². The van der Waals surface area contributed by atoms with Gasteiger partial charge in [0.15, 0.2) is 17.6 Å². The lowest BCUT2D eigenvalue weighted by molar-refractivity contribution is -0.228. The topological polar surface area (TPSA) is 181 Å². The van der Waals surface area contributed by atoms with Crippen LogP contribution in [0.2, 0.25) is 0 Å². The maximum absolute atomic E-state index is 15.7. The molecule has 7 heterocycles. The molecular weight excluding hydrogens is 895 g/mol. The van der Waals surface area contributed by atoms with Crippen molar-refractivity contribution >= 4 is 40.4 Å². The number of nitrogens with zero attached hydrogens (tertiary/aromatic N) is 3. The van der Waals surface area contributed by atoms with Gasteiger partial charge in [-0.3, -0.25) is 19.3 Å². The fraction of sp³-hybridized carbons (Fsp3) is 0.519. The molecule has 3 N–H and O–H groups in total. The number of hydrogen-bond acceptors (Lipinski definition) is 14. The van der Waals surface area contributed by atoms with Gasteiger partial charge in [-0.15, -0.1) is 0 Å². The summed E-state index contributed by atoms with van der Waals surface area (Å²) in [6.45, 7) is 8.72. The normalized spacial score (nSPS) is 33.4. The number of aliphatic hydroxyl groups is 1. The van der Waals surface area contributed by atoms with Crippen LogP contribution in [-0.4, -0.2) is 141 Å². The number of likely N-dealkylation sites (N-methyl/N-ethyl adjacent to an activating group) is 1. The summed E-state index contributed by atoms with van der Waals surface area (Å²) in [6, 6.07) is 16.1. The lowest BCUT2D eigenvalue weighted by Gasteiger charge is -2.63. The van der Waals surface area contributed by atoms with Crippen LogP contribution in [0.4, 0.5) is 5.69 Å². The third-order valence-corrected chi connectivity index (χ3v) is 17.6. The van der Waals surface area contributed by atoms with E-state index in [1.807, 2.05) is 49.2 Å². The van der Waals surface area contributed by atoms with Gasteiger partial charge in [-0.05, 0) is 92.4 Å². The third-order valence-electron chi connectivity index (χ3n) is 17.6. The van der Waals surface area contributed by atoms with E-state index in [0.717, 1.165) is 33.4 Å². The highest BCUT2D eigenvalue weighted by Crippen LogP contribution is 2.68. The number of fused-ring (bicyclic) bond motifs is 7. The standard InChI is InChI=1S/C54H63N5O11/c1-8-50(56-44(61)33-15-16-40-42(23-33)69-30-68-40)26-32-27-53(48(62)66-6,43-35(17-21-58(28-32)29-50)34-13-10-11-14-38(34)55-43)37-24-36-39(25-41(37)65-5)57(4)46-52(36)19-22-59-20-12-18-51(9-2,45(52)59)47(70-31(3)60)54(46,64)49(63)67-7/h10-16,18,23-25,32,45-47,55,64H,8-9,17,19-22,26-30H2,1-7H3,(H,56,61)/t32-,45+,46-,47-,50+,51-,52-,53+,54+/m1/s1. The zero-order chi connectivity index (χ0) is 49.1. The Balaban J connectivity index is 1.13. The Morgan fingerprint density at radius 3 is 2.44 bits per heavy atom. The molecule has 1 spiro atoms. The highest BCUT2D eigenvalue weighted by atomic mass is 16.7. The predicted octanol–water partition coefficient (Wildman–Crippen LogP) is 5.16. The zero-order valence-electron chi connectivity index (χ0n) is 41.0. The van der Waals surface area contributed by atoms with Crippen LogP contribution in [0.1, 0.15) is 85.6 Å². The maximum Gasteiger partial charge on any atom is 0.344 e. The average Bonchev–Trinajstić information content (AvgIpc) is 4.16. The van der Waals surface area contributed by atoms with Gasteiger partial charge >= 0.3 is 17.9 Å². The van der Waals surface area contributed by atoms with Gasteiger partial charge in [0.25, 0.3) is 5.91 Å². The molecule has 6 aliphatic heterocycles. The van der Waals surface area contributed by atoms with Gasteiger partial charge in [-0.1, -0.05) is 44.2 Å². The van der Waals surface area contributed by atoms with E-state index in [2.05, 4.69) is 45.2 Å². The number of para-hydroxylation sites is 1. The van der Waals surface area contributed by atoms with E-state index in [1.54, 1.807) is 25.3 Å². The monoisotopic (exact) mass is 957 g/mol. The predicted molar refractivity (Wildman–Crippen MR) is 258 cm³/mol. The van der Waals surface area contributed by atoms with Crippen LogP contribution in [0.3, 0.4) is 0 Å². The number of piperidine rings is 1. The van der Waals surface area contributed by atoms with Crippen molar-refractivity contribution in [3.63, 3.8) is 0 Å². The number of aromatic nitrogens is 1. The van der Waals surface area contributed by atoms with Crippen molar-refractivity contribution in [2.45, 2.75) is 99.5 Å². The van der Waals surface area contributed by atoms with E-state index >= 15 is 4.79 Å². The van der Waals surface area contributed by atoms with Gasteiger partial charge < -0.3 is 53.6 Å². The Kier molecular flexibility index (Phi) is 10.9. The number of rotatable bonds is 9. The summed E-state index contributed by atoms with van der Waals surface area (Å²) >= 11 is 0. The molecule has 1 aliphatic carbocycles. The fourth-order valence-corrected chi connectivity index (χ4v) is 15.1. The number of hydrogen-bond donors (Lipinski definition) is 3. The smallest absolute Gasteiger partial charge is 0.344 e. The summed E-state index contributed by atoms with van der Waals surface area (Å²) in [5.41, 5.74) is -1.25. The number of methoxy groups -OCH3 is 3. The van der Waals surface area contributed by atoms with Crippen LogP contribution in [0.15, 0.2) is 66.7 Å². The molecule has 10 atom stereocenters. The fourth-order valence-electron chi connectivity index (χ4n) is 15.1. The van der Waals surface area contributed by atoms with E-state index in [4.69, 9.17) is 28.4 Å². The summed E-state index contributed by atoms with van der Waals surface area (Å²) in [5.74, 6) is -0.793. The summed E-state index contributed by atoms with van der Waals surface area (Å²) in [4.78, 5) is 68.3. The number of benzene rings is 3. The minimum absolute atomic E-state index is 0.102. The van der Waals surface area contributed by atoms with Crippen molar-refractivity contribution in [2.24, 2.45) is 11.3 Å². The molecule has 70 heavy (non-hydrogen) atoms. The summed E-state index contributed by atoms with van der Waals surface area (Å²) < 4.78 is 35.5. The van der Waals surface area contributed by atoms with Crippen molar-refractivity contribution in [2.75, 3.05) is 72.8 Å². The number of ether oxygens (including phenoxy) is 6. The SMILES string of the molecule is CC[C@]1(NC(=O)c2ccc3c(c2)OCO3)C[C@H]2CN(CCc3c([nH]c4ccccc34)[C@@](C(=O)OC)(c3cc4c(cc3OC)N(C)[C@H]3[C@@](O)(C(=O)OC)[C@H](OC(C)=O)[C@]5(CC)C=CCN6CC[C@]43[C@@H]65)C2)C1. The molecule has 2 bridgehead atoms. The molecule has 370 valence electrons. The van der Waals surface area contributed by atoms with Crippen molar-refractivity contribution in [3.05, 3.63) is 94.7 Å². The second kappa shape index (κ2) is 16.5. The highest BCUT2D eigenvalue weighted by molar-refractivity contribution is 5.96. The number of amides is 1. The Labute approximate surface area is 407 Å². The highest BCUT2D eigenvalue weighted by Gasteiger charge is 2.80. The number of aromatic amines is 1. The Hall–Kier alpha value is -6.10. The van der Waals surface area contributed by atoms with Gasteiger partial charge in [0.1, 0.15) is 11.2 Å². The van der Waals surface area contributed by atoms with Crippen molar-refractivity contribution in [1.82, 2.24) is 20.1 Å². The van der Waals surface area contributed by atoms with Crippen molar-refractivity contribution in [3.8, 4) is 17.2 Å². The molecule has 1 amide bonds. The van der Waals surface area contributed by atoms with Crippen LogP contribution in [0.5, 0.6) is 17.2 Å². The number of esters is 3. The minimum Gasteiger partial charge on any atom is -0.496 e. The number of anilines is 1. The maximum atomic E-state index is 15.7. The molecule has 7 aliphatic rings. The molecule has 16 heteroatoms. The van der Waals surface area contributed by atoms with Gasteiger partial charge in [-0.25, -0.2) is 4.79 Å². The van der Waals surface area contributed by atoms with E-state index in [9.17, 15) is 19.5 Å². The van der Waals surface area contributed by atoms with Crippen LogP contribution in [0, 0.1) is 11.3 Å². The zero-order valence-corrected chi connectivity index (χ0v) is 41.0. The number of carbonyl (C=O) groups excluding carboxylic acids is 4. The van der Waals surface area contributed by atoms with Crippen LogP contribution < -0.4 is 24.4 Å². The Morgan fingerprint density at radius 2 is 1.70 bits per heavy atom. The molecule has 1 aromatic heterocycles. The first-order chi connectivity index (χ1) is 33.7. The molecule has 3 aromatic carbocycles. The quantitative estimate of drug-likeness (QED) is 0.114. The molecule has 3 fully saturated rings.